The van der Waals surface area contributed by atoms with Gasteiger partial charge in [-0.05, 0) is 141 Å². The number of hydrogen-bond acceptors (Lipinski definition) is 23. The minimum Gasteiger partial charge on any atom is -0.468 e. The van der Waals surface area contributed by atoms with Gasteiger partial charge in [0.25, 0.3) is 11.7 Å². The summed E-state index contributed by atoms with van der Waals surface area (Å²) < 4.78 is 108. The molecule has 116 heavy (non-hydrogen) atoms. The summed E-state index contributed by atoms with van der Waals surface area (Å²) in [6.07, 6.45) is 11.6. The molecule has 584 valence electrons. The quantitative estimate of drug-likeness (QED) is 0.0932. The number of hydrogen-bond donors (Lipinski definition) is 1. The highest BCUT2D eigenvalue weighted by atomic mass is 19.1. The predicted octanol–water partition coefficient (Wildman–Crippen LogP) is 14.2. The lowest BCUT2D eigenvalue weighted by atomic mass is 9.88. The summed E-state index contributed by atoms with van der Waals surface area (Å²) in [5.74, 6) is 1.71. The Labute approximate surface area is 665 Å². The number of halogens is 4. The molecule has 11 aromatic heterocycles. The van der Waals surface area contributed by atoms with Gasteiger partial charge in [-0.2, -0.15) is 39.8 Å². The van der Waals surface area contributed by atoms with E-state index in [2.05, 4.69) is 108 Å². The number of aryl methyl sites for hydroxylation is 4. The molecule has 0 saturated heterocycles. The molecule has 29 nitrogen and oxygen atoms in total. The lowest BCUT2D eigenvalue weighted by molar-refractivity contribution is 0.0734. The molecule has 5 aromatic carbocycles. The van der Waals surface area contributed by atoms with E-state index in [1.54, 1.807) is 99.2 Å². The molecule has 0 bridgehead atoms. The number of aliphatic hydroxyl groups is 1. The van der Waals surface area contributed by atoms with Crippen molar-refractivity contribution in [2.24, 2.45) is 12.0 Å². The van der Waals surface area contributed by atoms with Gasteiger partial charge in [0.2, 0.25) is 11.8 Å². The molecule has 0 fully saturated rings. The Bertz CT molecular complexity index is 6600. The minimum absolute atomic E-state index is 0.0341. The van der Waals surface area contributed by atoms with E-state index in [9.17, 15) is 33.2 Å². The van der Waals surface area contributed by atoms with Gasteiger partial charge >= 0.3 is 0 Å². The highest BCUT2D eigenvalue weighted by Crippen LogP contribution is 2.38. The number of ether oxygens (including phenoxy) is 2. The van der Waals surface area contributed by atoms with Crippen LogP contribution in [0.1, 0.15) is 141 Å². The van der Waals surface area contributed by atoms with Crippen LogP contribution in [0.3, 0.4) is 0 Å². The van der Waals surface area contributed by atoms with Crippen molar-refractivity contribution in [3.05, 3.63) is 262 Å². The third kappa shape index (κ3) is 16.2. The van der Waals surface area contributed by atoms with Crippen LogP contribution in [0.15, 0.2) is 181 Å². The second-order valence-corrected chi connectivity index (χ2v) is 28.6. The van der Waals surface area contributed by atoms with E-state index >= 15 is 0 Å². The normalized spacial score (nSPS) is 12.5. The van der Waals surface area contributed by atoms with Crippen LogP contribution in [0.5, 0.6) is 11.8 Å². The predicted molar refractivity (Wildman–Crippen MR) is 418 cm³/mol. The van der Waals surface area contributed by atoms with Crippen LogP contribution in [-0.4, -0.2) is 119 Å². The number of benzene rings is 5. The van der Waals surface area contributed by atoms with Crippen molar-refractivity contribution in [2.75, 3.05) is 0 Å². The molecular weight excluding hydrogens is 1490 g/mol. The SMILES string of the molecule is CC(C)(O)c1cnn2c(-c3ccc(F)c(-c4c(F)cccc4C#N)c3)cnc2n1.CCc1noc(-c2ncn3c2CN=C(c2ccccn2)c2cc(C#N)ccc2-3)n1.CCn1ncnc1COc1nn2c(-c3ccccc3F)nnc2cc1C(C)(C)C.[2H]C([2H])([2H])C(C)(C)c1cc2cnc(-c3cc(F)ccc3C)n2nc1OCc1ncnn1C. The first-order chi connectivity index (χ1) is 56.9. The standard InChI is InChI=1S/C21H15F2N5O.C21H23FN6O.C21H15N7O.C20H22FN7O/c1-21(2,29)18-11-26-28-17(10-25-20(28)27-18)12-6-7-15(22)14(8-12)19-13(9-24)4-3-5-16(19)23;1-13-6-7-14(22)8-16(13)19-23-10-15-9-17(21(2,3)4)20(26-28(15)19)29-11-18-24-12-25-27(18)5;1-2-18-26-21(29-27-18)20-17-11-24-19(15-5-3-4-8-23-15)14-9-13(10-22)6-7-16(14)28(17)12-25-20;1-5-27-17(22-12-23-27)11-29-19-14(20(2,3)4)10-16-24-25-18(28(16)26-19)13-8-6-7-9-15(13)21/h3-8,10-11,29H,1-2H3;6-10,12H,11H2,1-5H3;3-9,12H,2,11H2,1H3;6-10,12H,5,11H2,1-4H3/i;2D3;;. The molecule has 33 heteroatoms. The fourth-order valence-electron chi connectivity index (χ4n) is 12.5. The van der Waals surface area contributed by atoms with Crippen LogP contribution in [0, 0.1) is 52.9 Å². The number of pyridine rings is 1. The summed E-state index contributed by atoms with van der Waals surface area (Å²) in [7, 11) is 1.73. The largest absolute Gasteiger partial charge is 0.468 e. The topological polar surface area (TPSA) is 346 Å². The first-order valence-corrected chi connectivity index (χ1v) is 36.4. The number of fused-ring (bicyclic) bond motifs is 6. The van der Waals surface area contributed by atoms with Crippen molar-refractivity contribution in [3.8, 4) is 86.3 Å². The second kappa shape index (κ2) is 32.3. The first kappa shape index (κ1) is 74.3. The lowest BCUT2D eigenvalue weighted by Crippen LogP contribution is -2.19. The molecule has 1 N–H and O–H groups in total. The van der Waals surface area contributed by atoms with Crippen molar-refractivity contribution in [2.45, 2.75) is 125 Å². The molecule has 0 spiro atoms. The van der Waals surface area contributed by atoms with E-state index in [1.807, 2.05) is 67.8 Å². The van der Waals surface area contributed by atoms with E-state index < -0.39 is 29.5 Å². The molecule has 17 rings (SSSR count). The highest BCUT2D eigenvalue weighted by Gasteiger charge is 2.30. The Morgan fingerprint density at radius 1 is 0.647 bits per heavy atom. The Balaban J connectivity index is 0.000000130. The lowest BCUT2D eigenvalue weighted by Gasteiger charge is -2.22. The van der Waals surface area contributed by atoms with Gasteiger partial charge in [-0.15, -0.1) is 20.4 Å². The molecule has 0 atom stereocenters. The maximum absolute atomic E-state index is 14.5. The summed E-state index contributed by atoms with van der Waals surface area (Å²) in [4.78, 5) is 39.5. The fourth-order valence-corrected chi connectivity index (χ4v) is 12.5. The number of imidazole rings is 3. The second-order valence-electron chi connectivity index (χ2n) is 28.6. The number of rotatable bonds is 15. The van der Waals surface area contributed by atoms with Gasteiger partial charge in [0.1, 0.15) is 61.1 Å². The van der Waals surface area contributed by atoms with Crippen molar-refractivity contribution in [3.63, 3.8) is 0 Å². The molecule has 0 radical (unpaired) electrons. The van der Waals surface area contributed by atoms with E-state index in [-0.39, 0.29) is 58.6 Å². The molecule has 0 amide bonds. The average molecular weight is 1570 g/mol. The van der Waals surface area contributed by atoms with E-state index in [0.717, 1.165) is 39.5 Å². The maximum atomic E-state index is 14.5. The van der Waals surface area contributed by atoms with Gasteiger partial charge in [-0.3, -0.25) is 19.2 Å². The van der Waals surface area contributed by atoms with Gasteiger partial charge in [0.15, 0.2) is 40.5 Å². The molecule has 1 aliphatic heterocycles. The van der Waals surface area contributed by atoms with Crippen LogP contribution < -0.4 is 9.47 Å². The fraction of sp³-hybridized carbons (Fsp3) is 0.241. The van der Waals surface area contributed by atoms with E-state index in [1.165, 1.54) is 93.2 Å². The minimum atomic E-state index is -2.31. The van der Waals surface area contributed by atoms with E-state index in [0.29, 0.717) is 116 Å². The van der Waals surface area contributed by atoms with Crippen LogP contribution in [0.2, 0.25) is 0 Å². The van der Waals surface area contributed by atoms with Crippen LogP contribution >= 0.6 is 0 Å². The van der Waals surface area contributed by atoms with Crippen LogP contribution in [-0.2, 0) is 56.2 Å². The molecule has 12 heterocycles. The van der Waals surface area contributed by atoms with Crippen molar-refractivity contribution >= 4 is 22.7 Å². The number of aliphatic imine (C=N–C) groups is 1. The van der Waals surface area contributed by atoms with Gasteiger partial charge in [-0.25, -0.2) is 56.7 Å². The summed E-state index contributed by atoms with van der Waals surface area (Å²) >= 11 is 0. The maximum Gasteiger partial charge on any atom is 0.278 e. The van der Waals surface area contributed by atoms with Gasteiger partial charge in [-0.1, -0.05) is 83.9 Å². The van der Waals surface area contributed by atoms with Crippen LogP contribution in [0.25, 0.3) is 79.4 Å². The molecule has 0 aliphatic carbocycles. The number of nitrogens with zero attached hydrogens (tertiary/aromatic N) is 25. The Kier molecular flexibility index (Phi) is 20.7. The molecule has 1 aliphatic rings. The van der Waals surface area contributed by atoms with Crippen molar-refractivity contribution < 1.29 is 40.8 Å². The summed E-state index contributed by atoms with van der Waals surface area (Å²) in [6, 6.07) is 37.9. The zero-order valence-electron chi connectivity index (χ0n) is 67.6. The smallest absolute Gasteiger partial charge is 0.278 e. The zero-order valence-corrected chi connectivity index (χ0v) is 64.6. The third-order valence-corrected chi connectivity index (χ3v) is 18.7. The Morgan fingerprint density at radius 2 is 1.40 bits per heavy atom. The summed E-state index contributed by atoms with van der Waals surface area (Å²) in [5.41, 5.74) is 7.90. The molecule has 16 aromatic rings. The van der Waals surface area contributed by atoms with Gasteiger partial charge in [0.05, 0.1) is 93.7 Å². The first-order valence-electron chi connectivity index (χ1n) is 37.9. The molecule has 0 saturated carbocycles. The van der Waals surface area contributed by atoms with Gasteiger partial charge in [0, 0.05) is 69.3 Å². The van der Waals surface area contributed by atoms with Crippen molar-refractivity contribution in [1.82, 2.24) is 108 Å². The van der Waals surface area contributed by atoms with E-state index in [4.69, 9.17) is 23.1 Å². The third-order valence-electron chi connectivity index (χ3n) is 18.7. The molecule has 0 unspecified atom stereocenters. The monoisotopic (exact) mass is 1560 g/mol. The zero-order chi connectivity index (χ0) is 84.4. The van der Waals surface area contributed by atoms with Crippen LogP contribution in [0.4, 0.5) is 17.6 Å². The number of nitriles is 2. The number of aromatic nitrogens is 22. The Morgan fingerprint density at radius 3 is 2.11 bits per heavy atom. The van der Waals surface area contributed by atoms with Gasteiger partial charge < -0.3 is 19.1 Å². The summed E-state index contributed by atoms with van der Waals surface area (Å²) in [6.45, 7) is 17.4. The molecular formula is C83H75F4N25O4. The van der Waals surface area contributed by atoms with Crippen molar-refractivity contribution in [1.29, 1.82) is 10.5 Å². The summed E-state index contributed by atoms with van der Waals surface area (Å²) in [5, 5.41) is 62.8. The average Bonchev–Trinajstić information content (AvgIpc) is 1.71. The Hall–Kier alpha value is -14.5. The highest BCUT2D eigenvalue weighted by molar-refractivity contribution is 6.14.